The molecule has 0 saturated carbocycles. The largest absolute Gasteiger partial charge is 0.395 e. The predicted molar refractivity (Wildman–Crippen MR) is 32.7 cm³/mol. The van der Waals surface area contributed by atoms with Gasteiger partial charge in [0.2, 0.25) is 0 Å². The van der Waals surface area contributed by atoms with Crippen molar-refractivity contribution >= 4 is 0 Å². The van der Waals surface area contributed by atoms with Gasteiger partial charge in [-0.2, -0.15) is 0 Å². The third-order valence-electron chi connectivity index (χ3n) is 1.89. The van der Waals surface area contributed by atoms with Crippen molar-refractivity contribution in [2.24, 2.45) is 5.92 Å². The van der Waals surface area contributed by atoms with Crippen molar-refractivity contribution in [3.63, 3.8) is 0 Å². The molecule has 2 heteroatoms. The zero-order chi connectivity index (χ0) is 5.98. The maximum Gasteiger partial charge on any atom is 0.0587 e. The summed E-state index contributed by atoms with van der Waals surface area (Å²) in [6, 6.07) is 0.370. The third-order valence-corrected chi connectivity index (χ3v) is 1.89. The van der Waals surface area contributed by atoms with Crippen molar-refractivity contribution < 1.29 is 5.11 Å². The minimum Gasteiger partial charge on any atom is -0.395 e. The van der Waals surface area contributed by atoms with Crippen molar-refractivity contribution in [1.29, 1.82) is 0 Å². The van der Waals surface area contributed by atoms with E-state index in [1.54, 1.807) is 0 Å². The van der Waals surface area contributed by atoms with Crippen LogP contribution in [-0.4, -0.2) is 24.3 Å². The van der Waals surface area contributed by atoms with Gasteiger partial charge in [-0.15, -0.1) is 0 Å². The van der Waals surface area contributed by atoms with Crippen LogP contribution < -0.4 is 5.32 Å². The number of rotatable bonds is 1. The van der Waals surface area contributed by atoms with Crippen LogP contribution in [0.4, 0.5) is 0 Å². The Labute approximate surface area is 49.9 Å². The van der Waals surface area contributed by atoms with Crippen molar-refractivity contribution in [2.75, 3.05) is 13.2 Å². The molecule has 1 rings (SSSR count). The quantitative estimate of drug-likeness (QED) is 0.503. The summed E-state index contributed by atoms with van der Waals surface area (Å²) in [6.45, 7) is 3.54. The second-order valence-corrected chi connectivity index (χ2v) is 2.51. The van der Waals surface area contributed by atoms with Gasteiger partial charge in [0.05, 0.1) is 6.61 Å². The van der Waals surface area contributed by atoms with Crippen molar-refractivity contribution in [3.8, 4) is 0 Å². The Morgan fingerprint density at radius 3 is 2.75 bits per heavy atom. The highest BCUT2D eigenvalue weighted by molar-refractivity contribution is 4.79. The molecule has 2 N–H and O–H groups in total. The van der Waals surface area contributed by atoms with Gasteiger partial charge < -0.3 is 10.4 Å². The zero-order valence-corrected chi connectivity index (χ0v) is 5.22. The summed E-state index contributed by atoms with van der Waals surface area (Å²) in [4.78, 5) is 0. The van der Waals surface area contributed by atoms with Crippen molar-refractivity contribution in [3.05, 3.63) is 0 Å². The highest BCUT2D eigenvalue weighted by Crippen LogP contribution is 2.12. The fourth-order valence-corrected chi connectivity index (χ4v) is 1.14. The average molecular weight is 115 g/mol. The monoisotopic (exact) mass is 115 g/mol. The lowest BCUT2D eigenvalue weighted by Gasteiger charge is -2.10. The van der Waals surface area contributed by atoms with Crippen LogP contribution in [0.25, 0.3) is 0 Å². The second kappa shape index (κ2) is 2.46. The van der Waals surface area contributed by atoms with E-state index in [2.05, 4.69) is 12.2 Å². The van der Waals surface area contributed by atoms with E-state index in [1.807, 2.05) is 0 Å². The molecule has 0 radical (unpaired) electrons. The van der Waals surface area contributed by atoms with E-state index >= 15 is 0 Å². The summed E-state index contributed by atoms with van der Waals surface area (Å²) < 4.78 is 0. The van der Waals surface area contributed by atoms with Crippen molar-refractivity contribution in [2.45, 2.75) is 19.4 Å². The molecule has 0 unspecified atom stereocenters. The van der Waals surface area contributed by atoms with Crippen LogP contribution in [0.2, 0.25) is 0 Å². The first kappa shape index (κ1) is 6.05. The van der Waals surface area contributed by atoms with Gasteiger partial charge >= 0.3 is 0 Å². The first-order valence-electron chi connectivity index (χ1n) is 3.19. The Hall–Kier alpha value is -0.0800. The highest BCUT2D eigenvalue weighted by atomic mass is 16.3. The molecule has 1 aliphatic heterocycles. The molecule has 0 aromatic rings. The summed E-state index contributed by atoms with van der Waals surface area (Å²) in [5.41, 5.74) is 0. The van der Waals surface area contributed by atoms with E-state index < -0.39 is 0 Å². The normalized spacial score (nSPS) is 38.2. The molecule has 0 bridgehead atoms. The predicted octanol–water partition coefficient (Wildman–Crippen LogP) is -0.0233. The van der Waals surface area contributed by atoms with Crippen LogP contribution in [0.15, 0.2) is 0 Å². The topological polar surface area (TPSA) is 32.3 Å². The lowest BCUT2D eigenvalue weighted by Crippen LogP contribution is -2.29. The Morgan fingerprint density at radius 2 is 2.50 bits per heavy atom. The first-order chi connectivity index (χ1) is 3.84. The summed E-state index contributed by atoms with van der Waals surface area (Å²) in [7, 11) is 0. The molecule has 2 nitrogen and oxygen atoms in total. The summed E-state index contributed by atoms with van der Waals surface area (Å²) >= 11 is 0. The van der Waals surface area contributed by atoms with Gasteiger partial charge in [0.1, 0.15) is 0 Å². The molecule has 1 aliphatic rings. The molecule has 2 atom stereocenters. The van der Waals surface area contributed by atoms with E-state index in [1.165, 1.54) is 6.42 Å². The Kier molecular flexibility index (Phi) is 1.86. The summed E-state index contributed by atoms with van der Waals surface area (Å²) in [6.07, 6.45) is 1.21. The lowest BCUT2D eigenvalue weighted by atomic mass is 10.1. The summed E-state index contributed by atoms with van der Waals surface area (Å²) in [5.74, 6) is 0.667. The number of hydrogen-bond donors (Lipinski definition) is 2. The molecular weight excluding hydrogens is 102 g/mol. The smallest absolute Gasteiger partial charge is 0.0587 e. The van der Waals surface area contributed by atoms with Crippen LogP contribution in [0.3, 0.4) is 0 Å². The third kappa shape index (κ3) is 1.01. The molecular formula is C6H13NO. The van der Waals surface area contributed by atoms with Crippen LogP contribution in [0.5, 0.6) is 0 Å². The molecule has 0 amide bonds. The first-order valence-corrected chi connectivity index (χ1v) is 3.19. The fraction of sp³-hybridized carbons (Fsp3) is 1.00. The molecule has 1 saturated heterocycles. The Bertz CT molecular complexity index is 74.9. The average Bonchev–Trinajstić information content (AvgIpc) is 2.14. The van der Waals surface area contributed by atoms with Gasteiger partial charge in [-0.25, -0.2) is 0 Å². The van der Waals surface area contributed by atoms with E-state index in [9.17, 15) is 0 Å². The molecule has 48 valence electrons. The Balaban J connectivity index is 2.30. The molecule has 1 heterocycles. The highest BCUT2D eigenvalue weighted by Gasteiger charge is 2.20. The zero-order valence-electron chi connectivity index (χ0n) is 5.22. The molecule has 1 fully saturated rings. The number of nitrogens with one attached hydrogen (secondary N) is 1. The molecule has 0 aliphatic carbocycles. The van der Waals surface area contributed by atoms with Crippen molar-refractivity contribution in [1.82, 2.24) is 5.32 Å². The molecule has 0 spiro atoms. The van der Waals surface area contributed by atoms with Crippen LogP contribution in [0.1, 0.15) is 13.3 Å². The van der Waals surface area contributed by atoms with Gasteiger partial charge in [-0.3, -0.25) is 0 Å². The van der Waals surface area contributed by atoms with Gasteiger partial charge in [-0.05, 0) is 18.9 Å². The van der Waals surface area contributed by atoms with Gasteiger partial charge in [0.25, 0.3) is 0 Å². The molecule has 0 aromatic carbocycles. The van der Waals surface area contributed by atoms with E-state index in [4.69, 9.17) is 5.11 Å². The van der Waals surface area contributed by atoms with Crippen LogP contribution >= 0.6 is 0 Å². The maximum atomic E-state index is 8.67. The minimum atomic E-state index is 0.293. The van der Waals surface area contributed by atoms with E-state index in [0.717, 1.165) is 6.54 Å². The second-order valence-electron chi connectivity index (χ2n) is 2.51. The lowest BCUT2D eigenvalue weighted by molar-refractivity contribution is 0.233. The standard InChI is InChI=1S/C6H13NO/c1-5-2-3-7-6(5)4-8/h5-8H,2-4H2,1H3/t5-,6-/m0/s1. The number of aliphatic hydroxyl groups excluding tert-OH is 1. The van der Waals surface area contributed by atoms with Crippen LogP contribution in [-0.2, 0) is 0 Å². The van der Waals surface area contributed by atoms with E-state index in [0.29, 0.717) is 18.6 Å². The number of aliphatic hydroxyl groups is 1. The number of hydrogen-bond acceptors (Lipinski definition) is 2. The molecule has 8 heavy (non-hydrogen) atoms. The van der Waals surface area contributed by atoms with Gasteiger partial charge in [0, 0.05) is 6.04 Å². The SMILES string of the molecule is C[C@H]1CCN[C@H]1CO. The van der Waals surface area contributed by atoms with Crippen LogP contribution in [0, 0.1) is 5.92 Å². The van der Waals surface area contributed by atoms with Gasteiger partial charge in [-0.1, -0.05) is 6.92 Å². The van der Waals surface area contributed by atoms with E-state index in [-0.39, 0.29) is 0 Å². The van der Waals surface area contributed by atoms with Gasteiger partial charge in [0.15, 0.2) is 0 Å². The molecule has 0 aromatic heterocycles. The Morgan fingerprint density at radius 1 is 1.75 bits per heavy atom. The summed E-state index contributed by atoms with van der Waals surface area (Å²) in [5, 5.41) is 11.9. The minimum absolute atomic E-state index is 0.293. The fourth-order valence-electron chi connectivity index (χ4n) is 1.14. The maximum absolute atomic E-state index is 8.67.